The average molecular weight is 358 g/mol. The van der Waals surface area contributed by atoms with Gasteiger partial charge >= 0.3 is 5.97 Å². The standard InChI is InChI=1S/C17H24ClNO5/c1-5-8-23-15-13(18)9-12(10-14(15)22-7-3)17(21)24-11(4)16(20)19-6-2/h9-11H,5-8H2,1-4H3,(H,19,20)/t11-/m1/s1. The third kappa shape index (κ3) is 5.60. The maximum atomic E-state index is 12.2. The van der Waals surface area contributed by atoms with Gasteiger partial charge in [-0.25, -0.2) is 4.79 Å². The molecule has 0 aliphatic rings. The van der Waals surface area contributed by atoms with Gasteiger partial charge in [-0.1, -0.05) is 18.5 Å². The normalized spacial score (nSPS) is 11.5. The molecule has 1 aromatic carbocycles. The minimum atomic E-state index is -0.900. The Hall–Kier alpha value is -1.95. The van der Waals surface area contributed by atoms with Crippen LogP contribution in [0.15, 0.2) is 12.1 Å². The van der Waals surface area contributed by atoms with Crippen molar-refractivity contribution in [1.82, 2.24) is 5.32 Å². The van der Waals surface area contributed by atoms with Crippen molar-refractivity contribution in [2.45, 2.75) is 40.2 Å². The first-order valence-corrected chi connectivity index (χ1v) is 8.40. The lowest BCUT2D eigenvalue weighted by Gasteiger charge is -2.16. The van der Waals surface area contributed by atoms with Crippen molar-refractivity contribution in [1.29, 1.82) is 0 Å². The monoisotopic (exact) mass is 357 g/mol. The molecule has 0 unspecified atom stereocenters. The molecule has 0 saturated carbocycles. The minimum absolute atomic E-state index is 0.198. The van der Waals surface area contributed by atoms with Gasteiger partial charge in [0.1, 0.15) is 0 Å². The molecule has 0 saturated heterocycles. The van der Waals surface area contributed by atoms with Crippen LogP contribution in [0.4, 0.5) is 0 Å². The molecule has 1 rings (SSSR count). The van der Waals surface area contributed by atoms with Gasteiger partial charge in [0.25, 0.3) is 5.91 Å². The minimum Gasteiger partial charge on any atom is -0.490 e. The van der Waals surface area contributed by atoms with E-state index in [1.54, 1.807) is 6.92 Å². The van der Waals surface area contributed by atoms with E-state index in [1.165, 1.54) is 19.1 Å². The molecule has 0 bridgehead atoms. The van der Waals surface area contributed by atoms with Crippen molar-refractivity contribution in [3.8, 4) is 11.5 Å². The molecule has 134 valence electrons. The number of likely N-dealkylation sites (N-methyl/N-ethyl adjacent to an activating group) is 1. The third-order valence-electron chi connectivity index (χ3n) is 3.00. The maximum absolute atomic E-state index is 12.2. The summed E-state index contributed by atoms with van der Waals surface area (Å²) in [4.78, 5) is 23.9. The predicted octanol–water partition coefficient (Wildman–Crippen LogP) is 3.21. The molecule has 6 nitrogen and oxygen atoms in total. The highest BCUT2D eigenvalue weighted by Crippen LogP contribution is 2.37. The number of benzene rings is 1. The van der Waals surface area contributed by atoms with Crippen LogP contribution >= 0.6 is 11.6 Å². The zero-order valence-corrected chi connectivity index (χ0v) is 15.2. The lowest BCUT2D eigenvalue weighted by Crippen LogP contribution is -2.35. The highest BCUT2D eigenvalue weighted by molar-refractivity contribution is 6.32. The maximum Gasteiger partial charge on any atom is 0.339 e. The lowest BCUT2D eigenvalue weighted by atomic mass is 10.2. The second-order valence-corrected chi connectivity index (χ2v) is 5.42. The highest BCUT2D eigenvalue weighted by Gasteiger charge is 2.21. The lowest BCUT2D eigenvalue weighted by molar-refractivity contribution is -0.128. The number of ether oxygens (including phenoxy) is 3. The first-order valence-electron chi connectivity index (χ1n) is 8.02. The number of hydrogen-bond acceptors (Lipinski definition) is 5. The topological polar surface area (TPSA) is 73.9 Å². The van der Waals surface area contributed by atoms with Gasteiger partial charge in [0.2, 0.25) is 0 Å². The summed E-state index contributed by atoms with van der Waals surface area (Å²) in [6.45, 7) is 8.43. The molecule has 1 N–H and O–H groups in total. The molecule has 0 spiro atoms. The van der Waals surface area contributed by atoms with Gasteiger partial charge in [-0.2, -0.15) is 0 Å². The summed E-state index contributed by atoms with van der Waals surface area (Å²) in [7, 11) is 0. The summed E-state index contributed by atoms with van der Waals surface area (Å²) in [6.07, 6.45) is -0.0850. The fourth-order valence-electron chi connectivity index (χ4n) is 1.89. The summed E-state index contributed by atoms with van der Waals surface area (Å²) in [5.41, 5.74) is 0.198. The van der Waals surface area contributed by atoms with Crippen molar-refractivity contribution in [2.75, 3.05) is 19.8 Å². The Morgan fingerprint density at radius 1 is 1.21 bits per heavy atom. The molecule has 0 radical (unpaired) electrons. The van der Waals surface area contributed by atoms with Crippen LogP contribution in [0.25, 0.3) is 0 Å². The molecule has 1 aromatic rings. The first-order chi connectivity index (χ1) is 11.4. The number of carbonyl (C=O) groups is 2. The van der Waals surface area contributed by atoms with Crippen LogP contribution in [-0.4, -0.2) is 37.7 Å². The van der Waals surface area contributed by atoms with Crippen LogP contribution in [0.1, 0.15) is 44.5 Å². The fraction of sp³-hybridized carbons (Fsp3) is 0.529. The van der Waals surface area contributed by atoms with Crippen LogP contribution in [0.3, 0.4) is 0 Å². The third-order valence-corrected chi connectivity index (χ3v) is 3.28. The second-order valence-electron chi connectivity index (χ2n) is 5.01. The number of rotatable bonds is 9. The number of halogens is 1. The zero-order valence-electron chi connectivity index (χ0n) is 14.5. The predicted molar refractivity (Wildman–Crippen MR) is 92.0 cm³/mol. The highest BCUT2D eigenvalue weighted by atomic mass is 35.5. The van der Waals surface area contributed by atoms with Gasteiger partial charge in [-0.3, -0.25) is 4.79 Å². The van der Waals surface area contributed by atoms with Crippen molar-refractivity contribution < 1.29 is 23.8 Å². The van der Waals surface area contributed by atoms with Crippen LogP contribution in [0.2, 0.25) is 5.02 Å². The molecule has 1 atom stereocenters. The second kappa shape index (κ2) is 10.0. The van der Waals surface area contributed by atoms with Crippen LogP contribution in [-0.2, 0) is 9.53 Å². The van der Waals surface area contributed by atoms with Crippen molar-refractivity contribution in [2.24, 2.45) is 0 Å². The zero-order chi connectivity index (χ0) is 18.1. The molecule has 0 aromatic heterocycles. The number of nitrogens with one attached hydrogen (secondary N) is 1. The molecule has 0 aliphatic heterocycles. The summed E-state index contributed by atoms with van der Waals surface area (Å²) in [6, 6.07) is 2.95. The Labute approximate surface area is 147 Å². The fourth-order valence-corrected chi connectivity index (χ4v) is 2.16. The van der Waals surface area contributed by atoms with Gasteiger partial charge in [0.15, 0.2) is 17.6 Å². The Morgan fingerprint density at radius 3 is 2.50 bits per heavy atom. The van der Waals surface area contributed by atoms with E-state index in [1.807, 2.05) is 13.8 Å². The van der Waals surface area contributed by atoms with Crippen molar-refractivity contribution in [3.05, 3.63) is 22.7 Å². The Bertz CT molecular complexity index is 576. The van der Waals surface area contributed by atoms with Gasteiger partial charge in [0, 0.05) is 6.54 Å². The average Bonchev–Trinajstić information content (AvgIpc) is 2.54. The quantitative estimate of drug-likeness (QED) is 0.687. The molecular formula is C17H24ClNO5. The van der Waals surface area contributed by atoms with Crippen LogP contribution in [0.5, 0.6) is 11.5 Å². The molecular weight excluding hydrogens is 334 g/mol. The summed E-state index contributed by atoms with van der Waals surface area (Å²) < 4.78 is 16.2. The van der Waals surface area contributed by atoms with Gasteiger partial charge in [-0.05, 0) is 39.3 Å². The number of amides is 1. The smallest absolute Gasteiger partial charge is 0.339 e. The Kier molecular flexibility index (Phi) is 8.40. The first kappa shape index (κ1) is 20.1. The van der Waals surface area contributed by atoms with E-state index in [9.17, 15) is 9.59 Å². The molecule has 0 fully saturated rings. The summed E-state index contributed by atoms with van der Waals surface area (Å²) >= 11 is 6.21. The van der Waals surface area contributed by atoms with Crippen molar-refractivity contribution in [3.63, 3.8) is 0 Å². The molecule has 0 heterocycles. The van der Waals surface area contributed by atoms with E-state index in [0.717, 1.165) is 6.42 Å². The van der Waals surface area contributed by atoms with Gasteiger partial charge in [-0.15, -0.1) is 0 Å². The molecule has 24 heavy (non-hydrogen) atoms. The van der Waals surface area contributed by atoms with E-state index in [-0.39, 0.29) is 16.5 Å². The molecule has 1 amide bonds. The number of carbonyl (C=O) groups excluding carboxylic acids is 2. The number of hydrogen-bond donors (Lipinski definition) is 1. The van der Waals surface area contributed by atoms with Gasteiger partial charge < -0.3 is 19.5 Å². The van der Waals surface area contributed by atoms with E-state index in [0.29, 0.717) is 31.3 Å². The molecule has 7 heteroatoms. The van der Waals surface area contributed by atoms with Gasteiger partial charge in [0.05, 0.1) is 23.8 Å². The summed E-state index contributed by atoms with van der Waals surface area (Å²) in [5, 5.41) is 2.85. The van der Waals surface area contributed by atoms with E-state index >= 15 is 0 Å². The largest absolute Gasteiger partial charge is 0.490 e. The van der Waals surface area contributed by atoms with E-state index < -0.39 is 12.1 Å². The molecule has 0 aliphatic carbocycles. The SMILES string of the molecule is CCCOc1c(Cl)cc(C(=O)O[C@H](C)C(=O)NCC)cc1OCC. The van der Waals surface area contributed by atoms with Crippen LogP contribution < -0.4 is 14.8 Å². The van der Waals surface area contributed by atoms with Crippen LogP contribution in [0, 0.1) is 0 Å². The van der Waals surface area contributed by atoms with E-state index in [4.69, 9.17) is 25.8 Å². The van der Waals surface area contributed by atoms with Crippen molar-refractivity contribution >= 4 is 23.5 Å². The van der Waals surface area contributed by atoms with E-state index in [2.05, 4.69) is 5.32 Å². The summed E-state index contributed by atoms with van der Waals surface area (Å²) in [5.74, 6) is -0.242. The Morgan fingerprint density at radius 2 is 1.92 bits per heavy atom. The number of esters is 1. The Balaban J connectivity index is 2.98.